The van der Waals surface area contributed by atoms with Crippen LogP contribution in [-0.4, -0.2) is 15.0 Å². The highest BCUT2D eigenvalue weighted by molar-refractivity contribution is 9.10. The van der Waals surface area contributed by atoms with Crippen molar-refractivity contribution < 1.29 is 12.8 Å². The summed E-state index contributed by atoms with van der Waals surface area (Å²) >= 11 is 4.67. The molecule has 0 unspecified atom stereocenters. The van der Waals surface area contributed by atoms with Crippen LogP contribution in [0.4, 0.5) is 4.39 Å². The molecule has 0 saturated heterocycles. The molecule has 0 amide bonds. The molecule has 0 atom stereocenters. The number of rotatable bonds is 5. The normalized spacial score (nSPS) is 12.6. The van der Waals surface area contributed by atoms with Crippen LogP contribution in [0.2, 0.25) is 0 Å². The fraction of sp³-hybridized carbons (Fsp3) is 0.286. The second-order valence-electron chi connectivity index (χ2n) is 5.26. The van der Waals surface area contributed by atoms with E-state index in [2.05, 4.69) is 20.7 Å². The molecule has 0 bridgehead atoms. The fourth-order valence-corrected chi connectivity index (χ4v) is 4.25. The second-order valence-corrected chi connectivity index (χ2v) is 8.86. The minimum atomic E-state index is -3.87. The number of hydrogen-bond donors (Lipinski definition) is 1. The average Bonchev–Trinajstić information content (AvgIpc) is 2.91. The van der Waals surface area contributed by atoms with Crippen molar-refractivity contribution in [2.45, 2.75) is 24.2 Å². The summed E-state index contributed by atoms with van der Waals surface area (Å²) in [5, 5.41) is 1.94. The van der Waals surface area contributed by atoms with Gasteiger partial charge in [0.1, 0.15) is 10.7 Å². The van der Waals surface area contributed by atoms with Crippen molar-refractivity contribution >= 4 is 37.3 Å². The van der Waals surface area contributed by atoms with Gasteiger partial charge >= 0.3 is 0 Å². The molecule has 21 heavy (non-hydrogen) atoms. The molecule has 0 radical (unpaired) electrons. The second kappa shape index (κ2) is 6.16. The maximum atomic E-state index is 13.8. The summed E-state index contributed by atoms with van der Waals surface area (Å²) in [5.41, 5.74) is -0.354. The summed E-state index contributed by atoms with van der Waals surface area (Å²) in [6.07, 6.45) is 0. The van der Waals surface area contributed by atoms with Crippen LogP contribution < -0.4 is 4.72 Å². The van der Waals surface area contributed by atoms with E-state index >= 15 is 0 Å². The van der Waals surface area contributed by atoms with Gasteiger partial charge in [0.15, 0.2) is 0 Å². The first-order chi connectivity index (χ1) is 9.72. The van der Waals surface area contributed by atoms with Gasteiger partial charge in [0.2, 0.25) is 10.0 Å². The highest BCUT2D eigenvalue weighted by Crippen LogP contribution is 2.27. The predicted octanol–water partition coefficient (Wildman–Crippen LogP) is 3.91. The molecule has 0 aliphatic carbocycles. The predicted molar refractivity (Wildman–Crippen MR) is 86.6 cm³/mol. The van der Waals surface area contributed by atoms with Gasteiger partial charge in [0, 0.05) is 21.3 Å². The highest BCUT2D eigenvalue weighted by atomic mass is 79.9. The Balaban J connectivity index is 2.19. The van der Waals surface area contributed by atoms with Gasteiger partial charge < -0.3 is 0 Å². The molecule has 1 heterocycles. The lowest BCUT2D eigenvalue weighted by atomic mass is 9.92. The van der Waals surface area contributed by atoms with E-state index in [0.29, 0.717) is 4.47 Å². The lowest BCUT2D eigenvalue weighted by molar-refractivity contribution is 0.504. The third kappa shape index (κ3) is 3.91. The molecule has 2 rings (SSSR count). The number of benzene rings is 1. The average molecular weight is 392 g/mol. The van der Waals surface area contributed by atoms with Crippen molar-refractivity contribution in [1.29, 1.82) is 0 Å². The Bertz CT molecular complexity index is 727. The van der Waals surface area contributed by atoms with E-state index < -0.39 is 15.8 Å². The number of halogens is 2. The lowest BCUT2D eigenvalue weighted by Gasteiger charge is -2.23. The van der Waals surface area contributed by atoms with Gasteiger partial charge in [0.05, 0.1) is 0 Å². The minimum Gasteiger partial charge on any atom is -0.210 e. The molecule has 114 valence electrons. The van der Waals surface area contributed by atoms with Crippen molar-refractivity contribution in [3.05, 3.63) is 50.9 Å². The molecule has 0 fully saturated rings. The van der Waals surface area contributed by atoms with Crippen LogP contribution in [0.25, 0.3) is 0 Å². The Morgan fingerprint density at radius 2 is 2.05 bits per heavy atom. The van der Waals surface area contributed by atoms with Gasteiger partial charge in [-0.25, -0.2) is 17.5 Å². The standard InChI is InChI=1S/C14H15BrFNO2S2/c1-14(2,13-4-3-7-20-13)9-17-21(18,19)12-6-5-10(15)8-11(12)16/h3-8,17H,9H2,1-2H3. The Hall–Kier alpha value is -0.760. The molecular weight excluding hydrogens is 377 g/mol. The summed E-state index contributed by atoms with van der Waals surface area (Å²) < 4.78 is 41.2. The number of hydrogen-bond acceptors (Lipinski definition) is 3. The van der Waals surface area contributed by atoms with Gasteiger partial charge in [-0.3, -0.25) is 0 Å². The first kappa shape index (κ1) is 16.6. The Labute approximate surface area is 136 Å². The molecule has 0 aliphatic rings. The molecule has 1 aromatic carbocycles. The van der Waals surface area contributed by atoms with Crippen LogP contribution in [0, 0.1) is 5.82 Å². The Morgan fingerprint density at radius 1 is 1.33 bits per heavy atom. The minimum absolute atomic E-state index is 0.200. The van der Waals surface area contributed by atoms with E-state index in [0.717, 1.165) is 10.9 Å². The topological polar surface area (TPSA) is 46.2 Å². The maximum Gasteiger partial charge on any atom is 0.243 e. The first-order valence-electron chi connectivity index (χ1n) is 6.21. The van der Waals surface area contributed by atoms with E-state index in [1.165, 1.54) is 12.1 Å². The van der Waals surface area contributed by atoms with E-state index in [1.807, 2.05) is 31.4 Å². The van der Waals surface area contributed by atoms with Crippen molar-refractivity contribution in [1.82, 2.24) is 4.72 Å². The van der Waals surface area contributed by atoms with Crippen molar-refractivity contribution in [3.8, 4) is 0 Å². The first-order valence-corrected chi connectivity index (χ1v) is 9.37. The molecule has 7 heteroatoms. The van der Waals surface area contributed by atoms with Crippen molar-refractivity contribution in [2.75, 3.05) is 6.54 Å². The maximum absolute atomic E-state index is 13.8. The summed E-state index contributed by atoms with van der Waals surface area (Å²) in [5.74, 6) is -0.772. The molecule has 0 spiro atoms. The number of sulfonamides is 1. The molecule has 0 aliphatic heterocycles. The Morgan fingerprint density at radius 3 is 2.62 bits per heavy atom. The Kier molecular flexibility index (Phi) is 4.87. The van der Waals surface area contributed by atoms with E-state index in [4.69, 9.17) is 0 Å². The zero-order valence-corrected chi connectivity index (χ0v) is 14.8. The van der Waals surface area contributed by atoms with Crippen LogP contribution >= 0.6 is 27.3 Å². The third-order valence-corrected chi connectivity index (χ3v) is 6.24. The molecule has 2 aromatic rings. The lowest BCUT2D eigenvalue weighted by Crippen LogP contribution is -2.36. The quantitative estimate of drug-likeness (QED) is 0.839. The summed E-state index contributed by atoms with van der Waals surface area (Å²) in [6.45, 7) is 4.09. The van der Waals surface area contributed by atoms with Crippen molar-refractivity contribution in [3.63, 3.8) is 0 Å². The van der Waals surface area contributed by atoms with Gasteiger partial charge in [-0.15, -0.1) is 11.3 Å². The molecular formula is C14H15BrFNO2S2. The molecule has 0 saturated carbocycles. The van der Waals surface area contributed by atoms with Gasteiger partial charge in [-0.2, -0.15) is 0 Å². The highest BCUT2D eigenvalue weighted by Gasteiger charge is 2.26. The zero-order valence-electron chi connectivity index (χ0n) is 11.6. The van der Waals surface area contributed by atoms with Crippen LogP contribution in [0.15, 0.2) is 45.1 Å². The zero-order chi connectivity index (χ0) is 15.7. The summed E-state index contributed by atoms with van der Waals surface area (Å²) in [7, 11) is -3.87. The monoisotopic (exact) mass is 391 g/mol. The van der Waals surface area contributed by atoms with Gasteiger partial charge in [0.25, 0.3) is 0 Å². The third-order valence-electron chi connectivity index (χ3n) is 3.08. The smallest absolute Gasteiger partial charge is 0.210 e. The number of thiophene rings is 1. The fourth-order valence-electron chi connectivity index (χ4n) is 1.80. The molecule has 1 N–H and O–H groups in total. The number of nitrogens with one attached hydrogen (secondary N) is 1. The van der Waals surface area contributed by atoms with E-state index in [9.17, 15) is 12.8 Å². The molecule has 1 aromatic heterocycles. The van der Waals surface area contributed by atoms with Crippen LogP contribution in [0.3, 0.4) is 0 Å². The summed E-state index contributed by atoms with van der Waals surface area (Å²) in [6, 6.07) is 7.77. The molecule has 3 nitrogen and oxygen atoms in total. The van der Waals surface area contributed by atoms with Crippen LogP contribution in [0.1, 0.15) is 18.7 Å². The van der Waals surface area contributed by atoms with Crippen molar-refractivity contribution in [2.24, 2.45) is 0 Å². The van der Waals surface area contributed by atoms with Crippen LogP contribution in [-0.2, 0) is 15.4 Å². The van der Waals surface area contributed by atoms with E-state index in [1.54, 1.807) is 11.3 Å². The van der Waals surface area contributed by atoms with Crippen LogP contribution in [0.5, 0.6) is 0 Å². The van der Waals surface area contributed by atoms with Gasteiger partial charge in [-0.05, 0) is 29.6 Å². The van der Waals surface area contributed by atoms with E-state index in [-0.39, 0.29) is 16.9 Å². The largest absolute Gasteiger partial charge is 0.243 e. The SMILES string of the molecule is CC(C)(CNS(=O)(=O)c1ccc(Br)cc1F)c1cccs1. The van der Waals surface area contributed by atoms with Gasteiger partial charge in [-0.1, -0.05) is 35.8 Å². The summed E-state index contributed by atoms with van der Waals surface area (Å²) in [4.78, 5) is 0.731.